The van der Waals surface area contributed by atoms with E-state index in [4.69, 9.17) is 18.9 Å². The molecular weight excluding hydrogens is 550 g/mol. The van der Waals surface area contributed by atoms with Gasteiger partial charge in [-0.3, -0.25) is 24.2 Å². The molecule has 1 aliphatic rings. The first-order valence-corrected chi connectivity index (χ1v) is 13.9. The normalized spacial score (nSPS) is 16.7. The van der Waals surface area contributed by atoms with Gasteiger partial charge in [0.1, 0.15) is 18.8 Å². The van der Waals surface area contributed by atoms with Crippen LogP contribution < -0.4 is 16.0 Å². The van der Waals surface area contributed by atoms with Crippen molar-refractivity contribution in [3.05, 3.63) is 30.1 Å². The van der Waals surface area contributed by atoms with E-state index in [0.717, 1.165) is 5.56 Å². The summed E-state index contributed by atoms with van der Waals surface area (Å²) in [6.07, 6.45) is 3.56. The summed E-state index contributed by atoms with van der Waals surface area (Å²) in [7, 11) is 1.68. The molecule has 2 atom stereocenters. The van der Waals surface area contributed by atoms with Crippen LogP contribution in [0.15, 0.2) is 24.5 Å². The largest absolute Gasteiger partial charge is 0.458 e. The number of ether oxygens (including phenoxy) is 4. The minimum absolute atomic E-state index is 0.0983. The number of carbonyl (C=O) groups is 5. The Bertz CT molecular complexity index is 1030. The van der Waals surface area contributed by atoms with Gasteiger partial charge in [0.05, 0.1) is 38.4 Å². The fourth-order valence-electron chi connectivity index (χ4n) is 4.11. The second-order valence-corrected chi connectivity index (χ2v) is 10.6. The van der Waals surface area contributed by atoms with Crippen LogP contribution >= 0.6 is 0 Å². The Morgan fingerprint density at radius 1 is 0.929 bits per heavy atom. The summed E-state index contributed by atoms with van der Waals surface area (Å²) in [5, 5.41) is 8.06. The van der Waals surface area contributed by atoms with Crippen LogP contribution in [0, 0.1) is 5.92 Å². The van der Waals surface area contributed by atoms with Crippen LogP contribution in [0.2, 0.25) is 0 Å². The van der Waals surface area contributed by atoms with Crippen LogP contribution in [0.4, 0.5) is 0 Å². The van der Waals surface area contributed by atoms with Gasteiger partial charge in [0.2, 0.25) is 23.6 Å². The quantitative estimate of drug-likeness (QED) is 0.152. The molecule has 0 bridgehead atoms. The van der Waals surface area contributed by atoms with Crippen molar-refractivity contribution in [3.63, 3.8) is 0 Å². The van der Waals surface area contributed by atoms with Gasteiger partial charge in [0.25, 0.3) is 0 Å². The van der Waals surface area contributed by atoms with Crippen LogP contribution in [0.1, 0.15) is 45.2 Å². The van der Waals surface area contributed by atoms with Gasteiger partial charge in [-0.15, -0.1) is 0 Å². The molecule has 0 unspecified atom stereocenters. The molecule has 234 valence electrons. The SMILES string of the molecule is CN1C(=O)C[C@H](C(=O)NCCOCCC(=O)NCCOCC(=O)NCCOCC(=O)OC(C)(C)C)[C@H]1c1cccnc1. The number of carbonyl (C=O) groups excluding carboxylic acids is 5. The molecule has 14 nitrogen and oxygen atoms in total. The Morgan fingerprint density at radius 3 is 2.24 bits per heavy atom. The van der Waals surface area contributed by atoms with E-state index < -0.39 is 17.5 Å². The lowest BCUT2D eigenvalue weighted by Gasteiger charge is -2.24. The van der Waals surface area contributed by atoms with Crippen molar-refractivity contribution in [2.75, 3.05) is 66.3 Å². The van der Waals surface area contributed by atoms with E-state index >= 15 is 0 Å². The first kappa shape index (κ1) is 34.6. The van der Waals surface area contributed by atoms with Crippen LogP contribution in [0.5, 0.6) is 0 Å². The number of nitrogens with zero attached hydrogens (tertiary/aromatic N) is 2. The first-order chi connectivity index (χ1) is 20.0. The average molecular weight is 594 g/mol. The second kappa shape index (κ2) is 18.0. The zero-order valence-corrected chi connectivity index (χ0v) is 24.8. The summed E-state index contributed by atoms with van der Waals surface area (Å²) in [5.74, 6) is -1.90. The number of likely N-dealkylation sites (tertiary alicyclic amines) is 1. The van der Waals surface area contributed by atoms with Crippen molar-refractivity contribution in [2.45, 2.75) is 45.3 Å². The summed E-state index contributed by atoms with van der Waals surface area (Å²) in [4.78, 5) is 65.8. The van der Waals surface area contributed by atoms with E-state index in [0.29, 0.717) is 0 Å². The molecule has 1 saturated heterocycles. The molecule has 0 spiro atoms. The molecule has 3 N–H and O–H groups in total. The lowest BCUT2D eigenvalue weighted by atomic mass is 9.94. The minimum atomic E-state index is -0.580. The molecule has 0 aromatic carbocycles. The number of aromatic nitrogens is 1. The molecule has 4 amide bonds. The maximum atomic E-state index is 12.7. The van der Waals surface area contributed by atoms with E-state index in [2.05, 4.69) is 20.9 Å². The van der Waals surface area contributed by atoms with Crippen molar-refractivity contribution in [1.29, 1.82) is 0 Å². The van der Waals surface area contributed by atoms with E-state index in [1.165, 1.54) is 0 Å². The molecule has 42 heavy (non-hydrogen) atoms. The Labute approximate surface area is 246 Å². The Kier molecular flexibility index (Phi) is 14.8. The smallest absolute Gasteiger partial charge is 0.332 e. The van der Waals surface area contributed by atoms with Gasteiger partial charge in [-0.05, 0) is 32.4 Å². The highest BCUT2D eigenvalue weighted by atomic mass is 16.6. The summed E-state index contributed by atoms with van der Waals surface area (Å²) >= 11 is 0. The summed E-state index contributed by atoms with van der Waals surface area (Å²) < 4.78 is 20.9. The maximum absolute atomic E-state index is 12.7. The Hall–Kier alpha value is -3.62. The molecular formula is C28H43N5O9. The fourth-order valence-corrected chi connectivity index (χ4v) is 4.11. The highest BCUT2D eigenvalue weighted by Crippen LogP contribution is 2.36. The average Bonchev–Trinajstić information content (AvgIpc) is 3.23. The molecule has 1 aliphatic heterocycles. The molecule has 1 aromatic heterocycles. The third-order valence-corrected chi connectivity index (χ3v) is 5.98. The van der Waals surface area contributed by atoms with E-state index in [1.807, 2.05) is 6.07 Å². The van der Waals surface area contributed by atoms with Crippen LogP contribution in [-0.4, -0.2) is 111 Å². The molecule has 2 heterocycles. The number of hydrogen-bond donors (Lipinski definition) is 3. The molecule has 14 heteroatoms. The molecule has 0 saturated carbocycles. The lowest BCUT2D eigenvalue weighted by Crippen LogP contribution is -2.36. The van der Waals surface area contributed by atoms with Crippen molar-refractivity contribution in [3.8, 4) is 0 Å². The van der Waals surface area contributed by atoms with Gasteiger partial charge in [0.15, 0.2) is 0 Å². The monoisotopic (exact) mass is 593 g/mol. The summed E-state index contributed by atoms with van der Waals surface area (Å²) in [5.41, 5.74) is 0.227. The van der Waals surface area contributed by atoms with E-state index in [9.17, 15) is 24.0 Å². The van der Waals surface area contributed by atoms with Crippen molar-refractivity contribution >= 4 is 29.6 Å². The zero-order chi connectivity index (χ0) is 31.0. The third kappa shape index (κ3) is 13.4. The maximum Gasteiger partial charge on any atom is 0.332 e. The lowest BCUT2D eigenvalue weighted by molar-refractivity contribution is -0.160. The predicted octanol–water partition coefficient (Wildman–Crippen LogP) is -0.269. The summed E-state index contributed by atoms with van der Waals surface area (Å²) in [6, 6.07) is 3.25. The topological polar surface area (TPSA) is 174 Å². The van der Waals surface area contributed by atoms with Crippen molar-refractivity contribution in [1.82, 2.24) is 25.8 Å². The second-order valence-electron chi connectivity index (χ2n) is 10.6. The van der Waals surface area contributed by atoms with Gasteiger partial charge < -0.3 is 39.8 Å². The molecule has 2 rings (SSSR count). The van der Waals surface area contributed by atoms with Gasteiger partial charge >= 0.3 is 5.97 Å². The van der Waals surface area contributed by atoms with Gasteiger partial charge in [0, 0.05) is 51.9 Å². The number of amides is 4. The van der Waals surface area contributed by atoms with Crippen LogP contribution in [0.3, 0.4) is 0 Å². The predicted molar refractivity (Wildman–Crippen MR) is 150 cm³/mol. The van der Waals surface area contributed by atoms with Gasteiger partial charge in [-0.1, -0.05) is 6.07 Å². The molecule has 0 radical (unpaired) electrons. The molecule has 1 fully saturated rings. The number of pyridine rings is 1. The minimum Gasteiger partial charge on any atom is -0.458 e. The number of nitrogens with one attached hydrogen (secondary N) is 3. The Morgan fingerprint density at radius 2 is 1.57 bits per heavy atom. The number of hydrogen-bond acceptors (Lipinski definition) is 10. The van der Waals surface area contributed by atoms with E-state index in [1.54, 1.807) is 51.2 Å². The fraction of sp³-hybridized carbons (Fsp3) is 0.643. The first-order valence-electron chi connectivity index (χ1n) is 13.9. The highest BCUT2D eigenvalue weighted by molar-refractivity contribution is 5.90. The van der Waals surface area contributed by atoms with Crippen LogP contribution in [-0.2, 0) is 42.9 Å². The molecule has 1 aromatic rings. The van der Waals surface area contributed by atoms with Gasteiger partial charge in [-0.25, -0.2) is 4.79 Å². The summed E-state index contributed by atoms with van der Waals surface area (Å²) in [6.45, 7) is 6.31. The van der Waals surface area contributed by atoms with Crippen molar-refractivity contribution in [2.24, 2.45) is 5.92 Å². The number of esters is 1. The third-order valence-electron chi connectivity index (χ3n) is 5.98. The van der Waals surface area contributed by atoms with Crippen molar-refractivity contribution < 1.29 is 42.9 Å². The highest BCUT2D eigenvalue weighted by Gasteiger charge is 2.42. The van der Waals surface area contributed by atoms with E-state index in [-0.39, 0.29) is 102 Å². The zero-order valence-electron chi connectivity index (χ0n) is 24.8. The van der Waals surface area contributed by atoms with Gasteiger partial charge in [-0.2, -0.15) is 0 Å². The van der Waals surface area contributed by atoms with Crippen LogP contribution in [0.25, 0.3) is 0 Å². The number of rotatable bonds is 18. The standard InChI is InChI=1S/C28H43N5O9/c1-28(2,3)42-25(37)19-41-15-10-31-23(35)18-40-14-9-30-22(34)7-12-39-13-11-32-27(38)21-16-24(36)33(4)26(21)20-6-5-8-29-17-20/h5-6,8,17,21,26H,7,9-16,18-19H2,1-4H3,(H,30,34)(H,31,35)(H,32,38)/t21-,26+/m0/s1. The Balaban J connectivity index is 1.45. The molecule has 0 aliphatic carbocycles.